The van der Waals surface area contributed by atoms with Crippen LogP contribution >= 0.6 is 27.7 Å². The summed E-state index contributed by atoms with van der Waals surface area (Å²) < 4.78 is 27.2. The van der Waals surface area contributed by atoms with Crippen LogP contribution in [0.5, 0.6) is 0 Å². The Labute approximate surface area is 156 Å². The van der Waals surface area contributed by atoms with Crippen molar-refractivity contribution in [1.82, 2.24) is 14.3 Å². The number of amides is 1. The summed E-state index contributed by atoms with van der Waals surface area (Å²) in [4.78, 5) is 29.1. The normalized spacial score (nSPS) is 15.9. The van der Waals surface area contributed by atoms with Crippen molar-refractivity contribution in [1.29, 1.82) is 0 Å². The van der Waals surface area contributed by atoms with Gasteiger partial charge in [0.2, 0.25) is 10.0 Å². The van der Waals surface area contributed by atoms with Gasteiger partial charge >= 0.3 is 0 Å². The van der Waals surface area contributed by atoms with Gasteiger partial charge in [0.15, 0.2) is 0 Å². The van der Waals surface area contributed by atoms with Crippen LogP contribution in [-0.4, -0.2) is 53.2 Å². The number of H-pyrrole nitrogens is 2. The number of aromatic nitrogens is 2. The molecule has 8 nitrogen and oxygen atoms in total. The van der Waals surface area contributed by atoms with E-state index in [9.17, 15) is 18.0 Å². The van der Waals surface area contributed by atoms with E-state index in [1.54, 1.807) is 11.8 Å². The Hall–Kier alpha value is -1.56. The van der Waals surface area contributed by atoms with E-state index in [2.05, 4.69) is 31.2 Å². The fourth-order valence-corrected chi connectivity index (χ4v) is 5.24. The van der Waals surface area contributed by atoms with Crippen LogP contribution in [0.3, 0.4) is 0 Å². The van der Waals surface area contributed by atoms with Crippen LogP contribution in [-0.2, 0) is 10.0 Å². The molecule has 3 N–H and O–H groups in total. The second-order valence-corrected chi connectivity index (χ2v) is 9.36. The lowest BCUT2D eigenvalue weighted by Gasteiger charge is -2.24. The number of halogens is 1. The number of carbonyl (C=O) groups excluding carboxylic acids is 1. The van der Waals surface area contributed by atoms with Crippen LogP contribution in [0.4, 0.5) is 5.69 Å². The third-order valence-corrected chi connectivity index (χ3v) is 6.90. The van der Waals surface area contributed by atoms with Gasteiger partial charge in [0, 0.05) is 41.5 Å². The predicted molar refractivity (Wildman–Crippen MR) is 99.6 cm³/mol. The third-order valence-electron chi connectivity index (χ3n) is 3.63. The highest BCUT2D eigenvalue weighted by Crippen LogP contribution is 2.21. The molecule has 0 spiro atoms. The smallest absolute Gasteiger partial charge is 0.272 e. The summed E-state index contributed by atoms with van der Waals surface area (Å²) in [5.41, 5.74) is -0.336. The second-order valence-electron chi connectivity index (χ2n) is 5.28. The van der Waals surface area contributed by atoms with Crippen molar-refractivity contribution < 1.29 is 13.2 Å². The topological polar surface area (TPSA) is 115 Å². The van der Waals surface area contributed by atoms with Gasteiger partial charge in [0.05, 0.1) is 0 Å². The lowest BCUT2D eigenvalue weighted by Crippen LogP contribution is -2.37. The van der Waals surface area contributed by atoms with E-state index in [0.717, 1.165) is 11.5 Å². The molecule has 0 radical (unpaired) electrons. The Kier molecular flexibility index (Phi) is 5.37. The molecule has 11 heteroatoms. The molecule has 2 aromatic rings. The van der Waals surface area contributed by atoms with E-state index in [0.29, 0.717) is 17.6 Å². The maximum Gasteiger partial charge on any atom is 0.272 e. The van der Waals surface area contributed by atoms with Crippen LogP contribution in [0.1, 0.15) is 10.5 Å². The SMILES string of the molecule is O=C(Nc1cc(Br)c[nH]c1=O)c1cc(S(=O)(=O)N2CCSCC2)c[nH]1. The van der Waals surface area contributed by atoms with E-state index in [1.165, 1.54) is 28.8 Å². The fraction of sp³-hybridized carbons (Fsp3) is 0.286. The maximum atomic E-state index is 12.6. The first-order chi connectivity index (χ1) is 11.9. The molecule has 1 amide bonds. The minimum Gasteiger partial charge on any atom is -0.356 e. The van der Waals surface area contributed by atoms with Crippen LogP contribution in [0.2, 0.25) is 0 Å². The van der Waals surface area contributed by atoms with Gasteiger partial charge in [-0.3, -0.25) is 9.59 Å². The van der Waals surface area contributed by atoms with Crippen LogP contribution in [0.15, 0.2) is 38.7 Å². The zero-order valence-electron chi connectivity index (χ0n) is 12.9. The summed E-state index contributed by atoms with van der Waals surface area (Å²) in [6.07, 6.45) is 2.74. The minimum absolute atomic E-state index is 0.0349. The number of thioether (sulfide) groups is 1. The van der Waals surface area contributed by atoms with E-state index in [-0.39, 0.29) is 16.3 Å². The van der Waals surface area contributed by atoms with Crippen molar-refractivity contribution in [3.05, 3.63) is 45.0 Å². The number of rotatable bonds is 4. The lowest BCUT2D eigenvalue weighted by molar-refractivity contribution is 0.102. The van der Waals surface area contributed by atoms with Crippen molar-refractivity contribution in [3.63, 3.8) is 0 Å². The monoisotopic (exact) mass is 446 g/mol. The van der Waals surface area contributed by atoms with Gasteiger partial charge in [0.25, 0.3) is 11.5 Å². The summed E-state index contributed by atoms with van der Waals surface area (Å²) >= 11 is 4.91. The molecule has 3 rings (SSSR count). The van der Waals surface area contributed by atoms with E-state index < -0.39 is 21.5 Å². The number of hydrogen-bond donors (Lipinski definition) is 3. The van der Waals surface area contributed by atoms with Gasteiger partial charge in [-0.1, -0.05) is 0 Å². The van der Waals surface area contributed by atoms with Crippen molar-refractivity contribution in [3.8, 4) is 0 Å². The Bertz CT molecular complexity index is 948. The number of hydrogen-bond acceptors (Lipinski definition) is 5. The summed E-state index contributed by atoms with van der Waals surface area (Å²) in [6, 6.07) is 2.74. The molecule has 1 saturated heterocycles. The van der Waals surface area contributed by atoms with Crippen molar-refractivity contribution in [2.24, 2.45) is 0 Å². The zero-order valence-corrected chi connectivity index (χ0v) is 16.1. The van der Waals surface area contributed by atoms with Gasteiger partial charge in [-0.15, -0.1) is 0 Å². The average Bonchev–Trinajstić information content (AvgIpc) is 3.10. The highest BCUT2D eigenvalue weighted by molar-refractivity contribution is 9.10. The fourth-order valence-electron chi connectivity index (χ4n) is 2.33. The predicted octanol–water partition coefficient (Wildman–Crippen LogP) is 1.46. The number of sulfonamides is 1. The van der Waals surface area contributed by atoms with Crippen LogP contribution < -0.4 is 10.9 Å². The number of anilines is 1. The minimum atomic E-state index is -3.63. The number of nitrogens with zero attached hydrogens (tertiary/aromatic N) is 1. The van der Waals surface area contributed by atoms with E-state index in [1.807, 2.05) is 0 Å². The first-order valence-corrected chi connectivity index (χ1v) is 10.7. The largest absolute Gasteiger partial charge is 0.356 e. The molecule has 134 valence electrons. The molecule has 1 fully saturated rings. The van der Waals surface area contributed by atoms with Crippen LogP contribution in [0.25, 0.3) is 0 Å². The Morgan fingerprint density at radius 2 is 1.92 bits per heavy atom. The van der Waals surface area contributed by atoms with E-state index in [4.69, 9.17) is 0 Å². The molecule has 2 aromatic heterocycles. The van der Waals surface area contributed by atoms with Gasteiger partial charge in [-0.25, -0.2) is 8.42 Å². The van der Waals surface area contributed by atoms with Crippen LogP contribution in [0, 0.1) is 0 Å². The third kappa shape index (κ3) is 4.00. The van der Waals surface area contributed by atoms with Crippen molar-refractivity contribution in [2.45, 2.75) is 4.90 Å². The van der Waals surface area contributed by atoms with Crippen molar-refractivity contribution in [2.75, 3.05) is 29.9 Å². The van der Waals surface area contributed by atoms with E-state index >= 15 is 0 Å². The molecule has 1 aliphatic heterocycles. The summed E-state index contributed by atoms with van der Waals surface area (Å²) in [6.45, 7) is 0.903. The maximum absolute atomic E-state index is 12.6. The molecule has 1 aliphatic rings. The summed E-state index contributed by atoms with van der Waals surface area (Å²) in [5.74, 6) is 0.907. The molecule has 0 aliphatic carbocycles. The van der Waals surface area contributed by atoms with Gasteiger partial charge in [0.1, 0.15) is 16.3 Å². The van der Waals surface area contributed by atoms with Crippen molar-refractivity contribution >= 4 is 49.3 Å². The zero-order chi connectivity index (χ0) is 18.0. The lowest BCUT2D eigenvalue weighted by atomic mass is 10.3. The average molecular weight is 447 g/mol. The molecule has 0 bridgehead atoms. The molecular weight excluding hydrogens is 432 g/mol. The molecule has 0 saturated carbocycles. The Balaban J connectivity index is 1.79. The molecule has 25 heavy (non-hydrogen) atoms. The standard InChI is InChI=1S/C14H15BrN4O4S2/c15-9-5-12(13(20)17-7-9)18-14(21)11-6-10(8-16-11)25(22,23)19-1-3-24-4-2-19/h5-8,16H,1-4H2,(H,17,20)(H,18,21). The summed E-state index contributed by atoms with van der Waals surface area (Å²) in [5, 5.41) is 2.46. The molecule has 0 aromatic carbocycles. The number of pyridine rings is 1. The van der Waals surface area contributed by atoms with Gasteiger partial charge < -0.3 is 15.3 Å². The number of carbonyl (C=O) groups is 1. The Morgan fingerprint density at radius 3 is 2.64 bits per heavy atom. The number of aromatic amines is 2. The number of nitrogens with one attached hydrogen (secondary N) is 3. The second kappa shape index (κ2) is 7.36. The summed E-state index contributed by atoms with van der Waals surface area (Å²) in [7, 11) is -3.63. The highest BCUT2D eigenvalue weighted by Gasteiger charge is 2.27. The van der Waals surface area contributed by atoms with Gasteiger partial charge in [-0.05, 0) is 28.1 Å². The first-order valence-electron chi connectivity index (χ1n) is 7.34. The molecular formula is C14H15BrN4O4S2. The molecule has 3 heterocycles. The Morgan fingerprint density at radius 1 is 1.20 bits per heavy atom. The first kappa shape index (κ1) is 18.2. The van der Waals surface area contributed by atoms with Gasteiger partial charge in [-0.2, -0.15) is 16.1 Å². The quantitative estimate of drug-likeness (QED) is 0.657. The highest BCUT2D eigenvalue weighted by atomic mass is 79.9. The molecule has 0 atom stereocenters. The molecule has 0 unspecified atom stereocenters.